The van der Waals surface area contributed by atoms with Gasteiger partial charge < -0.3 is 0 Å². The molecule has 1 aromatic heterocycles. The number of carbonyl (C=O) groups excluding carboxylic acids is 1. The normalized spacial score (nSPS) is 9.93. The van der Waals surface area contributed by atoms with Crippen LogP contribution in [0.2, 0.25) is 0 Å². The van der Waals surface area contributed by atoms with Crippen LogP contribution < -0.4 is 0 Å². The molecule has 2 aromatic rings. The first-order chi connectivity index (χ1) is 7.31. The topological polar surface area (TPSA) is 30.0 Å². The van der Waals surface area contributed by atoms with E-state index in [0.717, 1.165) is 23.1 Å². The number of rotatable bonds is 2. The second-order valence-corrected chi connectivity index (χ2v) is 3.43. The van der Waals surface area contributed by atoms with Crippen molar-refractivity contribution in [2.75, 3.05) is 0 Å². The third-order valence-electron chi connectivity index (χ3n) is 2.26. The predicted octanol–water partition coefficient (Wildman–Crippen LogP) is 2.87. The van der Waals surface area contributed by atoms with Crippen molar-refractivity contribution < 1.29 is 4.79 Å². The maximum atomic E-state index is 10.8. The lowest BCUT2D eigenvalue weighted by Gasteiger charge is -2.03. The molecule has 1 heterocycles. The molecule has 2 nitrogen and oxygen atoms in total. The van der Waals surface area contributed by atoms with Crippen LogP contribution in [0.3, 0.4) is 0 Å². The zero-order chi connectivity index (χ0) is 10.7. The summed E-state index contributed by atoms with van der Waals surface area (Å²) >= 11 is 0. The fourth-order valence-electron chi connectivity index (χ4n) is 1.55. The Hall–Kier alpha value is -1.96. The Kier molecular flexibility index (Phi) is 2.59. The summed E-state index contributed by atoms with van der Waals surface area (Å²) in [7, 11) is 0. The van der Waals surface area contributed by atoms with Crippen LogP contribution in [0.1, 0.15) is 15.9 Å². The minimum Gasteiger partial charge on any atom is -0.298 e. The van der Waals surface area contributed by atoms with Crippen LogP contribution in [0.25, 0.3) is 11.3 Å². The SMILES string of the molecule is Cc1cccc(-c2ncccc2C=O)c1. The lowest BCUT2D eigenvalue weighted by molar-refractivity contribution is 0.112. The molecular weight excluding hydrogens is 186 g/mol. The molecule has 2 rings (SSSR count). The quantitative estimate of drug-likeness (QED) is 0.693. The number of carbonyl (C=O) groups is 1. The number of aromatic nitrogens is 1. The second-order valence-electron chi connectivity index (χ2n) is 3.43. The molecule has 0 N–H and O–H groups in total. The standard InChI is InChI=1S/C13H11NO/c1-10-4-2-5-11(8-10)13-12(9-15)6-3-7-14-13/h2-9H,1H3. The summed E-state index contributed by atoms with van der Waals surface area (Å²) in [6.07, 6.45) is 2.54. The van der Waals surface area contributed by atoms with Gasteiger partial charge in [0.2, 0.25) is 0 Å². The molecule has 0 saturated heterocycles. The molecule has 74 valence electrons. The highest BCUT2D eigenvalue weighted by atomic mass is 16.1. The summed E-state index contributed by atoms with van der Waals surface area (Å²) in [6, 6.07) is 11.5. The fourth-order valence-corrected chi connectivity index (χ4v) is 1.55. The van der Waals surface area contributed by atoms with E-state index >= 15 is 0 Å². The van der Waals surface area contributed by atoms with Gasteiger partial charge in [0.15, 0.2) is 6.29 Å². The maximum Gasteiger partial charge on any atom is 0.152 e. The van der Waals surface area contributed by atoms with Gasteiger partial charge in [-0.1, -0.05) is 23.8 Å². The Morgan fingerprint density at radius 1 is 1.20 bits per heavy atom. The average Bonchev–Trinajstić information content (AvgIpc) is 2.29. The van der Waals surface area contributed by atoms with Crippen LogP contribution in [-0.2, 0) is 0 Å². The Balaban J connectivity index is 2.58. The number of hydrogen-bond donors (Lipinski definition) is 0. The van der Waals surface area contributed by atoms with Crippen molar-refractivity contribution in [2.24, 2.45) is 0 Å². The van der Waals surface area contributed by atoms with Gasteiger partial charge in [-0.05, 0) is 25.1 Å². The molecule has 0 saturated carbocycles. The van der Waals surface area contributed by atoms with Gasteiger partial charge in [-0.25, -0.2) is 0 Å². The van der Waals surface area contributed by atoms with E-state index in [1.807, 2.05) is 31.2 Å². The highest BCUT2D eigenvalue weighted by molar-refractivity contribution is 5.85. The van der Waals surface area contributed by atoms with E-state index in [4.69, 9.17) is 0 Å². The summed E-state index contributed by atoms with van der Waals surface area (Å²) in [6.45, 7) is 2.02. The fraction of sp³-hybridized carbons (Fsp3) is 0.0769. The molecule has 0 bridgehead atoms. The molecular formula is C13H11NO. The predicted molar refractivity (Wildman–Crippen MR) is 59.8 cm³/mol. The minimum absolute atomic E-state index is 0.628. The first-order valence-corrected chi connectivity index (χ1v) is 4.78. The van der Waals surface area contributed by atoms with Crippen molar-refractivity contribution in [3.05, 3.63) is 53.7 Å². The number of aldehydes is 1. The molecule has 0 unspecified atom stereocenters. The van der Waals surface area contributed by atoms with Crippen molar-refractivity contribution in [1.82, 2.24) is 4.98 Å². The van der Waals surface area contributed by atoms with Crippen molar-refractivity contribution >= 4 is 6.29 Å². The molecule has 0 radical (unpaired) electrons. The van der Waals surface area contributed by atoms with Crippen LogP contribution in [0.5, 0.6) is 0 Å². The molecule has 0 aliphatic carbocycles. The molecule has 15 heavy (non-hydrogen) atoms. The van der Waals surface area contributed by atoms with Crippen molar-refractivity contribution in [1.29, 1.82) is 0 Å². The first kappa shape index (κ1) is 9.59. The lowest BCUT2D eigenvalue weighted by atomic mass is 10.0. The zero-order valence-corrected chi connectivity index (χ0v) is 8.47. The summed E-state index contributed by atoms with van der Waals surface area (Å²) < 4.78 is 0. The number of benzene rings is 1. The molecule has 1 aromatic carbocycles. The van der Waals surface area contributed by atoms with Crippen LogP contribution in [0, 0.1) is 6.92 Å². The highest BCUT2D eigenvalue weighted by Gasteiger charge is 2.04. The third kappa shape index (κ3) is 1.94. The summed E-state index contributed by atoms with van der Waals surface area (Å²) in [4.78, 5) is 15.1. The lowest BCUT2D eigenvalue weighted by Crippen LogP contribution is -1.90. The number of aryl methyl sites for hydroxylation is 1. The molecule has 0 amide bonds. The zero-order valence-electron chi connectivity index (χ0n) is 8.47. The highest BCUT2D eigenvalue weighted by Crippen LogP contribution is 2.20. The minimum atomic E-state index is 0.628. The number of nitrogens with zero attached hydrogens (tertiary/aromatic N) is 1. The van der Waals surface area contributed by atoms with Gasteiger partial charge in [0.1, 0.15) is 0 Å². The van der Waals surface area contributed by atoms with Crippen molar-refractivity contribution in [3.63, 3.8) is 0 Å². The van der Waals surface area contributed by atoms with Gasteiger partial charge in [0, 0.05) is 17.3 Å². The van der Waals surface area contributed by atoms with E-state index in [1.165, 1.54) is 0 Å². The maximum absolute atomic E-state index is 10.8. The molecule has 2 heteroatoms. The number of pyridine rings is 1. The molecule has 0 atom stereocenters. The summed E-state index contributed by atoms with van der Waals surface area (Å²) in [5.41, 5.74) is 3.52. The van der Waals surface area contributed by atoms with Gasteiger partial charge in [-0.15, -0.1) is 0 Å². The van der Waals surface area contributed by atoms with Crippen LogP contribution in [-0.4, -0.2) is 11.3 Å². The Morgan fingerprint density at radius 3 is 2.80 bits per heavy atom. The van der Waals surface area contributed by atoms with Crippen LogP contribution >= 0.6 is 0 Å². The van der Waals surface area contributed by atoms with E-state index < -0.39 is 0 Å². The summed E-state index contributed by atoms with van der Waals surface area (Å²) in [5.74, 6) is 0. The van der Waals surface area contributed by atoms with Gasteiger partial charge in [-0.2, -0.15) is 0 Å². The average molecular weight is 197 g/mol. The Bertz CT molecular complexity index is 491. The molecule has 0 aliphatic rings. The van der Waals surface area contributed by atoms with E-state index in [2.05, 4.69) is 4.98 Å². The van der Waals surface area contributed by atoms with E-state index in [1.54, 1.807) is 18.3 Å². The number of hydrogen-bond acceptors (Lipinski definition) is 2. The first-order valence-electron chi connectivity index (χ1n) is 4.78. The monoisotopic (exact) mass is 197 g/mol. The van der Waals surface area contributed by atoms with Crippen LogP contribution in [0.15, 0.2) is 42.6 Å². The Morgan fingerprint density at radius 2 is 2.07 bits per heavy atom. The second kappa shape index (κ2) is 4.05. The third-order valence-corrected chi connectivity index (χ3v) is 2.26. The smallest absolute Gasteiger partial charge is 0.152 e. The van der Waals surface area contributed by atoms with Crippen molar-refractivity contribution in [3.8, 4) is 11.3 Å². The van der Waals surface area contributed by atoms with Gasteiger partial charge in [-0.3, -0.25) is 9.78 Å². The molecule has 0 spiro atoms. The van der Waals surface area contributed by atoms with E-state index in [9.17, 15) is 4.79 Å². The van der Waals surface area contributed by atoms with E-state index in [0.29, 0.717) is 5.56 Å². The summed E-state index contributed by atoms with van der Waals surface area (Å²) in [5, 5.41) is 0. The Labute approximate surface area is 88.6 Å². The van der Waals surface area contributed by atoms with Crippen LogP contribution in [0.4, 0.5) is 0 Å². The van der Waals surface area contributed by atoms with E-state index in [-0.39, 0.29) is 0 Å². The van der Waals surface area contributed by atoms with Crippen molar-refractivity contribution in [2.45, 2.75) is 6.92 Å². The van der Waals surface area contributed by atoms with Gasteiger partial charge >= 0.3 is 0 Å². The largest absolute Gasteiger partial charge is 0.298 e. The molecule has 0 fully saturated rings. The van der Waals surface area contributed by atoms with Gasteiger partial charge in [0.25, 0.3) is 0 Å². The van der Waals surface area contributed by atoms with Gasteiger partial charge in [0.05, 0.1) is 5.69 Å². The molecule has 0 aliphatic heterocycles.